The third kappa shape index (κ3) is 3.03. The normalized spacial score (nSPS) is 11.0. The maximum atomic E-state index is 12.4. The number of pyridine rings is 1. The molecule has 0 radical (unpaired) electrons. The van der Waals surface area contributed by atoms with Crippen molar-refractivity contribution in [1.29, 1.82) is 0 Å². The van der Waals surface area contributed by atoms with Crippen molar-refractivity contribution in [3.05, 3.63) is 58.5 Å². The number of nitrogens with zero attached hydrogens (tertiary/aromatic N) is 3. The lowest BCUT2D eigenvalue weighted by Gasteiger charge is -2.02. The van der Waals surface area contributed by atoms with E-state index in [9.17, 15) is 4.79 Å². The molecule has 0 aliphatic rings. The Kier molecular flexibility index (Phi) is 3.81. The van der Waals surface area contributed by atoms with Crippen LogP contribution in [0.5, 0.6) is 0 Å². The Balaban J connectivity index is 1.56. The summed E-state index contributed by atoms with van der Waals surface area (Å²) < 4.78 is 0.988. The van der Waals surface area contributed by atoms with Gasteiger partial charge in [-0.05, 0) is 31.2 Å². The summed E-state index contributed by atoms with van der Waals surface area (Å²) in [6, 6.07) is 11.3. The Labute approximate surface area is 151 Å². The highest BCUT2D eigenvalue weighted by atomic mass is 79.9. The van der Waals surface area contributed by atoms with Gasteiger partial charge in [0, 0.05) is 21.1 Å². The molecule has 0 aliphatic heterocycles. The SMILES string of the molecule is Cc1[nH]nc2ncc(NC(=O)c3cc(-c4ccc(Br)cc4)n[nH]3)cc12. The van der Waals surface area contributed by atoms with Crippen LogP contribution in [0.4, 0.5) is 5.69 Å². The summed E-state index contributed by atoms with van der Waals surface area (Å²) in [7, 11) is 0. The van der Waals surface area contributed by atoms with Gasteiger partial charge < -0.3 is 5.32 Å². The van der Waals surface area contributed by atoms with Gasteiger partial charge in [-0.1, -0.05) is 28.1 Å². The minimum atomic E-state index is -0.279. The summed E-state index contributed by atoms with van der Waals surface area (Å²) in [5.74, 6) is -0.279. The van der Waals surface area contributed by atoms with Crippen molar-refractivity contribution >= 4 is 38.6 Å². The number of aryl methyl sites for hydroxylation is 1. The third-order valence-corrected chi connectivity index (χ3v) is 4.35. The summed E-state index contributed by atoms with van der Waals surface area (Å²) in [6.07, 6.45) is 1.58. The van der Waals surface area contributed by atoms with Crippen molar-refractivity contribution in [3.8, 4) is 11.3 Å². The summed E-state index contributed by atoms with van der Waals surface area (Å²) in [5.41, 5.74) is 4.13. The number of hydrogen-bond acceptors (Lipinski definition) is 4. The first kappa shape index (κ1) is 15.5. The van der Waals surface area contributed by atoms with E-state index in [1.54, 1.807) is 12.3 Å². The molecule has 0 unspecified atom stereocenters. The number of carbonyl (C=O) groups excluding carboxylic acids is 1. The van der Waals surface area contributed by atoms with Crippen LogP contribution in [-0.4, -0.2) is 31.3 Å². The standard InChI is InChI=1S/C17H13BrN6O/c1-9-13-6-12(8-19-16(13)24-21-9)20-17(25)15-7-14(22-23-15)10-2-4-11(18)5-3-10/h2-8H,1H3,(H,20,25)(H,22,23)(H,19,21,24). The van der Waals surface area contributed by atoms with Gasteiger partial charge in [0.05, 0.1) is 17.6 Å². The van der Waals surface area contributed by atoms with Crippen LogP contribution < -0.4 is 5.32 Å². The van der Waals surface area contributed by atoms with E-state index in [0.717, 1.165) is 21.1 Å². The van der Waals surface area contributed by atoms with Gasteiger partial charge in [-0.15, -0.1) is 0 Å². The number of H-pyrrole nitrogens is 2. The van der Waals surface area contributed by atoms with Gasteiger partial charge in [-0.25, -0.2) is 4.98 Å². The zero-order chi connectivity index (χ0) is 17.4. The molecule has 0 aliphatic carbocycles. The van der Waals surface area contributed by atoms with E-state index in [4.69, 9.17) is 0 Å². The lowest BCUT2D eigenvalue weighted by Crippen LogP contribution is -2.12. The lowest BCUT2D eigenvalue weighted by molar-refractivity contribution is 0.102. The molecule has 8 heteroatoms. The van der Waals surface area contributed by atoms with E-state index < -0.39 is 0 Å². The van der Waals surface area contributed by atoms with Gasteiger partial charge in [-0.2, -0.15) is 10.2 Å². The number of nitrogens with one attached hydrogen (secondary N) is 3. The molecule has 1 amide bonds. The van der Waals surface area contributed by atoms with E-state index >= 15 is 0 Å². The highest BCUT2D eigenvalue weighted by Gasteiger charge is 2.12. The van der Waals surface area contributed by atoms with Crippen LogP contribution in [0.1, 0.15) is 16.2 Å². The molecule has 3 aromatic heterocycles. The quantitative estimate of drug-likeness (QED) is 0.491. The Bertz CT molecular complexity index is 1070. The van der Waals surface area contributed by atoms with Crippen LogP contribution in [0, 0.1) is 6.92 Å². The number of amides is 1. The molecule has 1 aromatic carbocycles. The maximum absolute atomic E-state index is 12.4. The highest BCUT2D eigenvalue weighted by molar-refractivity contribution is 9.10. The summed E-state index contributed by atoms with van der Waals surface area (Å²) in [4.78, 5) is 16.7. The van der Waals surface area contributed by atoms with E-state index in [1.807, 2.05) is 37.3 Å². The van der Waals surface area contributed by atoms with Crippen molar-refractivity contribution in [1.82, 2.24) is 25.4 Å². The van der Waals surface area contributed by atoms with Crippen molar-refractivity contribution in [2.45, 2.75) is 6.92 Å². The summed E-state index contributed by atoms with van der Waals surface area (Å²) in [5, 5.41) is 17.6. The van der Waals surface area contributed by atoms with E-state index in [2.05, 4.69) is 46.6 Å². The second kappa shape index (κ2) is 6.14. The number of aromatic amines is 2. The van der Waals surface area contributed by atoms with Crippen LogP contribution in [0.15, 0.2) is 47.1 Å². The third-order valence-electron chi connectivity index (χ3n) is 3.82. The molecule has 25 heavy (non-hydrogen) atoms. The molecule has 0 saturated carbocycles. The smallest absolute Gasteiger partial charge is 0.273 e. The zero-order valence-electron chi connectivity index (χ0n) is 13.2. The fourth-order valence-electron chi connectivity index (χ4n) is 2.49. The first-order valence-corrected chi connectivity index (χ1v) is 8.33. The topological polar surface area (TPSA) is 99.3 Å². The Morgan fingerprint density at radius 2 is 1.92 bits per heavy atom. The Morgan fingerprint density at radius 1 is 1.12 bits per heavy atom. The molecule has 0 atom stereocenters. The number of anilines is 1. The monoisotopic (exact) mass is 396 g/mol. The number of carbonyl (C=O) groups is 1. The number of fused-ring (bicyclic) bond motifs is 1. The predicted molar refractivity (Wildman–Crippen MR) is 98.3 cm³/mol. The molecule has 3 N–H and O–H groups in total. The number of rotatable bonds is 3. The molecule has 4 aromatic rings. The summed E-state index contributed by atoms with van der Waals surface area (Å²) in [6.45, 7) is 1.90. The summed E-state index contributed by atoms with van der Waals surface area (Å²) >= 11 is 3.40. The van der Waals surface area contributed by atoms with Gasteiger partial charge in [0.15, 0.2) is 5.65 Å². The molecule has 7 nitrogen and oxygen atoms in total. The van der Waals surface area contributed by atoms with Crippen molar-refractivity contribution in [2.24, 2.45) is 0 Å². The fraction of sp³-hybridized carbons (Fsp3) is 0.0588. The molecular formula is C17H13BrN6O. The van der Waals surface area contributed by atoms with E-state index in [-0.39, 0.29) is 5.91 Å². The minimum absolute atomic E-state index is 0.279. The van der Waals surface area contributed by atoms with Gasteiger partial charge in [0.1, 0.15) is 5.69 Å². The predicted octanol–water partition coefficient (Wildman–Crippen LogP) is 3.67. The van der Waals surface area contributed by atoms with Crippen molar-refractivity contribution < 1.29 is 4.79 Å². The van der Waals surface area contributed by atoms with Gasteiger partial charge in [0.25, 0.3) is 5.91 Å². The van der Waals surface area contributed by atoms with Gasteiger partial charge in [0.2, 0.25) is 0 Å². The number of benzene rings is 1. The zero-order valence-corrected chi connectivity index (χ0v) is 14.8. The largest absolute Gasteiger partial charge is 0.319 e. The second-order valence-corrected chi connectivity index (χ2v) is 6.49. The van der Waals surface area contributed by atoms with Crippen LogP contribution in [0.25, 0.3) is 22.3 Å². The first-order chi connectivity index (χ1) is 12.1. The number of hydrogen-bond donors (Lipinski definition) is 3. The molecule has 0 spiro atoms. The number of aromatic nitrogens is 5. The second-order valence-electron chi connectivity index (χ2n) is 5.57. The molecule has 4 rings (SSSR count). The average Bonchev–Trinajstić information content (AvgIpc) is 3.24. The molecular weight excluding hydrogens is 384 g/mol. The van der Waals surface area contributed by atoms with Crippen LogP contribution in [0.3, 0.4) is 0 Å². The molecule has 0 saturated heterocycles. The number of halogens is 1. The van der Waals surface area contributed by atoms with Crippen LogP contribution >= 0.6 is 15.9 Å². The molecule has 124 valence electrons. The minimum Gasteiger partial charge on any atom is -0.319 e. The average molecular weight is 397 g/mol. The Hall–Kier alpha value is -3.00. The van der Waals surface area contributed by atoms with Gasteiger partial charge in [-0.3, -0.25) is 15.0 Å². The van der Waals surface area contributed by atoms with Crippen LogP contribution in [-0.2, 0) is 0 Å². The first-order valence-electron chi connectivity index (χ1n) is 7.53. The van der Waals surface area contributed by atoms with Crippen molar-refractivity contribution in [3.63, 3.8) is 0 Å². The molecule has 0 fully saturated rings. The van der Waals surface area contributed by atoms with Crippen LogP contribution in [0.2, 0.25) is 0 Å². The maximum Gasteiger partial charge on any atom is 0.273 e. The fourth-order valence-corrected chi connectivity index (χ4v) is 2.76. The van der Waals surface area contributed by atoms with E-state index in [0.29, 0.717) is 22.7 Å². The lowest BCUT2D eigenvalue weighted by atomic mass is 10.1. The highest BCUT2D eigenvalue weighted by Crippen LogP contribution is 2.21. The molecule has 0 bridgehead atoms. The van der Waals surface area contributed by atoms with E-state index in [1.165, 1.54) is 0 Å². The van der Waals surface area contributed by atoms with Gasteiger partial charge >= 0.3 is 0 Å². The van der Waals surface area contributed by atoms with Crippen molar-refractivity contribution in [2.75, 3.05) is 5.32 Å². The molecule has 3 heterocycles. The Morgan fingerprint density at radius 3 is 2.72 bits per heavy atom.